The minimum atomic E-state index is -0.405. The van der Waals surface area contributed by atoms with Crippen LogP contribution >= 0.6 is 0 Å². The zero-order chi connectivity index (χ0) is 15.5. The number of rotatable bonds is 4. The average Bonchev–Trinajstić information content (AvgIpc) is 3.19. The summed E-state index contributed by atoms with van der Waals surface area (Å²) in [7, 11) is 0. The molecule has 0 saturated heterocycles. The molecule has 1 aromatic carbocycles. The first kappa shape index (κ1) is 13.8. The van der Waals surface area contributed by atoms with E-state index < -0.39 is 5.91 Å². The van der Waals surface area contributed by atoms with Gasteiger partial charge in [0, 0.05) is 17.3 Å². The van der Waals surface area contributed by atoms with Crippen LogP contribution < -0.4 is 5.32 Å². The van der Waals surface area contributed by atoms with Crippen molar-refractivity contribution in [1.82, 2.24) is 5.16 Å². The summed E-state index contributed by atoms with van der Waals surface area (Å²) in [4.78, 5) is 23.3. The van der Waals surface area contributed by atoms with Gasteiger partial charge in [-0.05, 0) is 43.3 Å². The second-order valence-corrected chi connectivity index (χ2v) is 4.64. The van der Waals surface area contributed by atoms with Crippen molar-refractivity contribution in [2.45, 2.75) is 6.92 Å². The van der Waals surface area contributed by atoms with E-state index in [4.69, 9.17) is 8.94 Å². The molecule has 0 spiro atoms. The van der Waals surface area contributed by atoms with E-state index in [-0.39, 0.29) is 11.5 Å². The summed E-state index contributed by atoms with van der Waals surface area (Å²) in [5, 5.41) is 6.39. The monoisotopic (exact) mass is 296 g/mol. The smallest absolute Gasteiger partial charge is 0.277 e. The van der Waals surface area contributed by atoms with Gasteiger partial charge in [-0.2, -0.15) is 0 Å². The number of aromatic nitrogens is 1. The highest BCUT2D eigenvalue weighted by Crippen LogP contribution is 2.21. The standard InChI is InChI=1S/C16H12N2O4/c1-10(19)11-4-6-12(7-5-11)17-16(20)13-9-15(22-18-13)14-3-2-8-21-14/h2-9H,1H3,(H,17,20). The van der Waals surface area contributed by atoms with Crippen molar-refractivity contribution in [2.24, 2.45) is 0 Å². The summed E-state index contributed by atoms with van der Waals surface area (Å²) >= 11 is 0. The van der Waals surface area contributed by atoms with Crippen LogP contribution in [-0.2, 0) is 0 Å². The molecule has 0 unspecified atom stereocenters. The lowest BCUT2D eigenvalue weighted by Gasteiger charge is -2.03. The molecule has 0 radical (unpaired) electrons. The van der Waals surface area contributed by atoms with Gasteiger partial charge in [0.05, 0.1) is 6.26 Å². The van der Waals surface area contributed by atoms with Crippen LogP contribution in [0.1, 0.15) is 27.8 Å². The van der Waals surface area contributed by atoms with E-state index in [1.807, 2.05) is 0 Å². The van der Waals surface area contributed by atoms with Crippen molar-refractivity contribution in [3.05, 3.63) is 60.0 Å². The normalized spacial score (nSPS) is 10.4. The summed E-state index contributed by atoms with van der Waals surface area (Å²) in [6, 6.07) is 11.5. The fraction of sp³-hybridized carbons (Fsp3) is 0.0625. The molecule has 3 rings (SSSR count). The first-order valence-electron chi connectivity index (χ1n) is 6.56. The van der Waals surface area contributed by atoms with Gasteiger partial charge >= 0.3 is 0 Å². The van der Waals surface area contributed by atoms with E-state index in [2.05, 4.69) is 10.5 Å². The van der Waals surface area contributed by atoms with Crippen LogP contribution in [0.3, 0.4) is 0 Å². The lowest BCUT2D eigenvalue weighted by atomic mass is 10.1. The Labute approximate surface area is 125 Å². The maximum absolute atomic E-state index is 12.1. The minimum absolute atomic E-state index is 0.0301. The minimum Gasteiger partial charge on any atom is -0.461 e. The van der Waals surface area contributed by atoms with Gasteiger partial charge in [0.2, 0.25) is 5.76 Å². The summed E-state index contributed by atoms with van der Waals surface area (Å²) in [5.41, 5.74) is 1.29. The average molecular weight is 296 g/mol. The molecular weight excluding hydrogens is 284 g/mol. The molecule has 1 N–H and O–H groups in total. The van der Waals surface area contributed by atoms with Crippen molar-refractivity contribution in [1.29, 1.82) is 0 Å². The third-order valence-corrected chi connectivity index (χ3v) is 3.06. The van der Waals surface area contributed by atoms with Crippen molar-refractivity contribution in [2.75, 3.05) is 5.32 Å². The number of Topliss-reactive ketones (excluding diaryl/α,β-unsaturated/α-hetero) is 1. The number of amides is 1. The van der Waals surface area contributed by atoms with Crippen molar-refractivity contribution in [3.63, 3.8) is 0 Å². The van der Waals surface area contributed by atoms with Crippen LogP contribution in [0.2, 0.25) is 0 Å². The number of hydrogen-bond donors (Lipinski definition) is 1. The quantitative estimate of drug-likeness (QED) is 0.746. The fourth-order valence-corrected chi connectivity index (χ4v) is 1.90. The topological polar surface area (TPSA) is 85.3 Å². The summed E-state index contributed by atoms with van der Waals surface area (Å²) < 4.78 is 10.2. The van der Waals surface area contributed by atoms with Gasteiger partial charge in [0.25, 0.3) is 5.91 Å². The molecule has 0 aliphatic rings. The van der Waals surface area contributed by atoms with Crippen molar-refractivity contribution >= 4 is 17.4 Å². The van der Waals surface area contributed by atoms with Crippen molar-refractivity contribution < 1.29 is 18.5 Å². The van der Waals surface area contributed by atoms with E-state index in [1.165, 1.54) is 19.3 Å². The molecular formula is C16H12N2O4. The highest BCUT2D eigenvalue weighted by atomic mass is 16.5. The van der Waals surface area contributed by atoms with E-state index in [9.17, 15) is 9.59 Å². The molecule has 6 heteroatoms. The number of carbonyl (C=O) groups excluding carboxylic acids is 2. The SMILES string of the molecule is CC(=O)c1ccc(NC(=O)c2cc(-c3ccco3)on2)cc1. The summed E-state index contributed by atoms with van der Waals surface area (Å²) in [6.07, 6.45) is 1.51. The van der Waals surface area contributed by atoms with E-state index in [0.29, 0.717) is 22.8 Å². The third-order valence-electron chi connectivity index (χ3n) is 3.06. The second kappa shape index (κ2) is 5.69. The number of hydrogen-bond acceptors (Lipinski definition) is 5. The van der Waals surface area contributed by atoms with Gasteiger partial charge in [-0.1, -0.05) is 5.16 Å². The number of nitrogens with one attached hydrogen (secondary N) is 1. The molecule has 2 heterocycles. The van der Waals surface area contributed by atoms with Gasteiger partial charge < -0.3 is 14.3 Å². The molecule has 0 saturated carbocycles. The lowest BCUT2D eigenvalue weighted by molar-refractivity contribution is 0.101. The van der Waals surface area contributed by atoms with E-state index >= 15 is 0 Å². The highest BCUT2D eigenvalue weighted by molar-refractivity contribution is 6.03. The van der Waals surface area contributed by atoms with Crippen LogP contribution in [0, 0.1) is 0 Å². The predicted octanol–water partition coefficient (Wildman–Crippen LogP) is 3.39. The number of ketones is 1. The maximum atomic E-state index is 12.1. The molecule has 0 bridgehead atoms. The van der Waals surface area contributed by atoms with Gasteiger partial charge in [-0.15, -0.1) is 0 Å². The predicted molar refractivity (Wildman–Crippen MR) is 78.6 cm³/mol. The first-order valence-corrected chi connectivity index (χ1v) is 6.56. The molecule has 2 aromatic heterocycles. The largest absolute Gasteiger partial charge is 0.461 e. The molecule has 0 atom stereocenters. The molecule has 0 fully saturated rings. The Kier molecular flexibility index (Phi) is 3.57. The van der Waals surface area contributed by atoms with Crippen LogP contribution in [0.4, 0.5) is 5.69 Å². The Morgan fingerprint density at radius 3 is 2.50 bits per heavy atom. The first-order chi connectivity index (χ1) is 10.6. The van der Waals surface area contributed by atoms with Crippen LogP contribution in [0.25, 0.3) is 11.5 Å². The molecule has 0 aliphatic heterocycles. The molecule has 3 aromatic rings. The van der Waals surface area contributed by atoms with Gasteiger partial charge in [0.15, 0.2) is 17.2 Å². The number of anilines is 1. The van der Waals surface area contributed by atoms with E-state index in [0.717, 1.165) is 0 Å². The third kappa shape index (κ3) is 2.80. The maximum Gasteiger partial charge on any atom is 0.277 e. The number of furan rings is 1. The summed E-state index contributed by atoms with van der Waals surface area (Å²) in [5.74, 6) is 0.439. The van der Waals surface area contributed by atoms with Crippen molar-refractivity contribution in [3.8, 4) is 11.5 Å². The number of carbonyl (C=O) groups is 2. The van der Waals surface area contributed by atoms with Gasteiger partial charge in [-0.25, -0.2) is 0 Å². The summed E-state index contributed by atoms with van der Waals surface area (Å²) in [6.45, 7) is 1.49. The Hall–Kier alpha value is -3.15. The van der Waals surface area contributed by atoms with E-state index in [1.54, 1.807) is 36.4 Å². The zero-order valence-corrected chi connectivity index (χ0v) is 11.7. The lowest BCUT2D eigenvalue weighted by Crippen LogP contribution is -2.12. The fourth-order valence-electron chi connectivity index (χ4n) is 1.90. The molecule has 110 valence electrons. The number of nitrogens with zero attached hydrogens (tertiary/aromatic N) is 1. The Morgan fingerprint density at radius 2 is 1.86 bits per heavy atom. The Bertz CT molecular complexity index is 801. The second-order valence-electron chi connectivity index (χ2n) is 4.64. The van der Waals surface area contributed by atoms with Crippen LogP contribution in [-0.4, -0.2) is 16.8 Å². The van der Waals surface area contributed by atoms with Crippen LogP contribution in [0.15, 0.2) is 57.7 Å². The number of benzene rings is 1. The molecule has 1 amide bonds. The molecule has 22 heavy (non-hydrogen) atoms. The highest BCUT2D eigenvalue weighted by Gasteiger charge is 2.15. The Balaban J connectivity index is 1.73. The Morgan fingerprint density at radius 1 is 1.09 bits per heavy atom. The molecule has 0 aliphatic carbocycles. The molecule has 6 nitrogen and oxygen atoms in total. The zero-order valence-electron chi connectivity index (χ0n) is 11.7. The van der Waals surface area contributed by atoms with Crippen LogP contribution in [0.5, 0.6) is 0 Å². The van der Waals surface area contributed by atoms with Gasteiger partial charge in [0.1, 0.15) is 0 Å². The van der Waals surface area contributed by atoms with Gasteiger partial charge in [-0.3, -0.25) is 9.59 Å².